The lowest BCUT2D eigenvalue weighted by Gasteiger charge is -2.01. The Morgan fingerprint density at radius 1 is 0.545 bits per heavy atom. The molecule has 366 valence electrons. The van der Waals surface area contributed by atoms with Gasteiger partial charge in [-0.15, -0.1) is 23.7 Å². The van der Waals surface area contributed by atoms with Crippen LogP contribution in [-0.4, -0.2) is 8.75 Å². The van der Waals surface area contributed by atoms with E-state index in [4.69, 9.17) is 19.7 Å². The number of hydrogen-bond donors (Lipinski definition) is 0. The molecule has 0 bridgehead atoms. The first-order chi connectivity index (χ1) is 31.0. The molecule has 0 saturated heterocycles. The average Bonchev–Trinajstić information content (AvgIpc) is 4.12. The van der Waals surface area contributed by atoms with E-state index in [0.717, 1.165) is 21.0 Å². The third kappa shape index (κ3) is 35.8. The third-order valence-electron chi connectivity index (χ3n) is 8.46. The Balaban J connectivity index is 0. The van der Waals surface area contributed by atoms with E-state index in [1.165, 1.54) is 27.0 Å². The van der Waals surface area contributed by atoms with Crippen LogP contribution in [0.25, 0.3) is 11.0 Å². The molecule has 7 heteroatoms. The van der Waals surface area contributed by atoms with E-state index in [-0.39, 0.29) is 0 Å². The molecule has 0 fully saturated rings. The SMILES string of the molecule is C#CC(C)C.CC(C)Br.CC(C)I.CC(C)c1cc2ccccc2o1.CC(C)c1ccccc1.CC(C)c1ccco1.CC(C)c1cccs1.CC(C)c1ccoc1.CC(C)c1ccsc1. The summed E-state index contributed by atoms with van der Waals surface area (Å²) in [7, 11) is 0. The number of fused-ring (bicyclic) bond motifs is 1. The molecule has 0 N–H and O–H groups in total. The molecule has 0 aliphatic rings. The number of terminal acetylenes is 1. The maximum absolute atomic E-state index is 5.63. The Morgan fingerprint density at radius 2 is 1.08 bits per heavy atom. The highest BCUT2D eigenvalue weighted by molar-refractivity contribution is 14.1. The van der Waals surface area contributed by atoms with Crippen molar-refractivity contribution in [1.82, 2.24) is 0 Å². The van der Waals surface area contributed by atoms with E-state index < -0.39 is 0 Å². The minimum atomic E-state index is 0.412. The van der Waals surface area contributed by atoms with Gasteiger partial charge in [-0.1, -0.05) is 218 Å². The van der Waals surface area contributed by atoms with Crippen molar-refractivity contribution in [2.45, 2.75) is 169 Å². The number of hydrogen-bond acceptors (Lipinski definition) is 5. The first-order valence-corrected chi connectivity index (χ1v) is 27.4. The van der Waals surface area contributed by atoms with Gasteiger partial charge < -0.3 is 13.3 Å². The maximum Gasteiger partial charge on any atom is 0.134 e. The largest absolute Gasteiger partial charge is 0.472 e. The fraction of sp³-hybridized carbons (Fsp3) is 0.458. The lowest BCUT2D eigenvalue weighted by Crippen LogP contribution is -1.83. The molecule has 0 spiro atoms. The van der Waals surface area contributed by atoms with Crippen molar-refractivity contribution < 1.29 is 13.3 Å². The Hall–Kier alpha value is -3.29. The number of benzene rings is 2. The molecule has 7 rings (SSSR count). The quantitative estimate of drug-likeness (QED) is 0.0946. The van der Waals surface area contributed by atoms with Gasteiger partial charge in [-0.2, -0.15) is 11.3 Å². The van der Waals surface area contributed by atoms with Crippen molar-refractivity contribution in [3.05, 3.63) is 165 Å². The van der Waals surface area contributed by atoms with Crippen molar-refractivity contribution in [2.24, 2.45) is 5.92 Å². The van der Waals surface area contributed by atoms with Gasteiger partial charge in [0, 0.05) is 36.8 Å². The van der Waals surface area contributed by atoms with E-state index in [2.05, 4.69) is 226 Å². The zero-order valence-corrected chi connectivity index (χ0v) is 49.1. The fourth-order valence-corrected chi connectivity index (χ4v) is 6.14. The van der Waals surface area contributed by atoms with Crippen molar-refractivity contribution >= 4 is 72.2 Å². The summed E-state index contributed by atoms with van der Waals surface area (Å²) in [6.07, 6.45) is 10.1. The molecular weight excluding hydrogens is 1030 g/mol. The van der Waals surface area contributed by atoms with Crippen LogP contribution in [0.3, 0.4) is 0 Å². The van der Waals surface area contributed by atoms with Crippen LogP contribution in [-0.2, 0) is 0 Å². The molecule has 5 heterocycles. The van der Waals surface area contributed by atoms with Gasteiger partial charge in [0.2, 0.25) is 0 Å². The van der Waals surface area contributed by atoms with Crippen molar-refractivity contribution in [3.8, 4) is 12.3 Å². The molecule has 3 nitrogen and oxygen atoms in total. The first kappa shape index (κ1) is 64.8. The molecule has 0 amide bonds. The Morgan fingerprint density at radius 3 is 1.36 bits per heavy atom. The van der Waals surface area contributed by atoms with Gasteiger partial charge in [-0.25, -0.2) is 0 Å². The van der Waals surface area contributed by atoms with Crippen LogP contribution < -0.4 is 0 Å². The Bertz CT molecular complexity index is 1870. The zero-order chi connectivity index (χ0) is 50.6. The topological polar surface area (TPSA) is 39.4 Å². The summed E-state index contributed by atoms with van der Waals surface area (Å²) in [5.41, 5.74) is 5.12. The standard InChI is InChI=1S/C11H12O.C9H12.2C7H10O.2C7H10S.C5H8.C3H7Br.C3H7I/c1-8(2)11-7-9-5-3-4-6-10(9)12-11;1-8(2)9-6-4-3-5-7-9;1-6(2)7-3-4-8-5-7;1-6(2)7-4-3-5-8-7;1-6(2)7-3-4-8-5-7;1-6(2)7-4-3-5-8-7;1-4-5(2)3;2*1-3(2)4/h3-8H,1-2H3;3-8H,1-2H3;4*3-6H,1-2H3;1,5H,2-3H3;2*3H,1-2H3. The van der Waals surface area contributed by atoms with Crippen LogP contribution in [0.15, 0.2) is 145 Å². The normalized spacial score (nSPS) is 10.1. The predicted molar refractivity (Wildman–Crippen MR) is 310 cm³/mol. The van der Waals surface area contributed by atoms with Gasteiger partial charge in [0.05, 0.1) is 18.8 Å². The zero-order valence-electron chi connectivity index (χ0n) is 43.8. The molecule has 5 aromatic heterocycles. The van der Waals surface area contributed by atoms with Gasteiger partial charge in [0.25, 0.3) is 0 Å². The molecule has 0 atom stereocenters. The summed E-state index contributed by atoms with van der Waals surface area (Å²) in [4.78, 5) is 2.12. The van der Waals surface area contributed by atoms with Gasteiger partial charge in [-0.3, -0.25) is 0 Å². The molecular formula is C59H86BrIO3S2. The fourth-order valence-electron chi connectivity index (χ4n) is 4.57. The molecule has 2 aromatic carbocycles. The average molecular weight is 1110 g/mol. The first-order valence-electron chi connectivity index (χ1n) is 23.4. The van der Waals surface area contributed by atoms with Gasteiger partial charge in [0.15, 0.2) is 0 Å². The number of halogens is 2. The second-order valence-corrected chi connectivity index (χ2v) is 24.1. The second-order valence-electron chi connectivity index (χ2n) is 18.0. The highest BCUT2D eigenvalue weighted by Gasteiger charge is 2.05. The lowest BCUT2D eigenvalue weighted by atomic mass is 10.0. The summed E-state index contributed by atoms with van der Waals surface area (Å²) in [6, 6.07) is 33.1. The lowest BCUT2D eigenvalue weighted by molar-refractivity contribution is 0.487. The van der Waals surface area contributed by atoms with Gasteiger partial charge in [-0.05, 0) is 99.0 Å². The highest BCUT2D eigenvalue weighted by Crippen LogP contribution is 2.24. The van der Waals surface area contributed by atoms with Crippen LogP contribution in [0.5, 0.6) is 0 Å². The van der Waals surface area contributed by atoms with Gasteiger partial charge >= 0.3 is 0 Å². The minimum absolute atomic E-state index is 0.412. The van der Waals surface area contributed by atoms with Crippen molar-refractivity contribution in [1.29, 1.82) is 0 Å². The summed E-state index contributed by atoms with van der Waals surface area (Å²) in [5.74, 6) is 8.70. The Labute approximate surface area is 434 Å². The van der Waals surface area contributed by atoms with Crippen LogP contribution >= 0.6 is 61.2 Å². The summed E-state index contributed by atoms with van der Waals surface area (Å²) >= 11 is 9.21. The summed E-state index contributed by atoms with van der Waals surface area (Å²) in [6.45, 7) is 38.5. The molecule has 66 heavy (non-hydrogen) atoms. The molecule has 0 radical (unpaired) electrons. The van der Waals surface area contributed by atoms with Crippen molar-refractivity contribution in [2.75, 3.05) is 0 Å². The second kappa shape index (κ2) is 39.7. The minimum Gasteiger partial charge on any atom is -0.472 e. The van der Waals surface area contributed by atoms with Crippen LogP contribution in [0, 0.1) is 18.3 Å². The van der Waals surface area contributed by atoms with E-state index in [1.54, 1.807) is 30.1 Å². The monoisotopic (exact) mass is 1110 g/mol. The van der Waals surface area contributed by atoms with Crippen LogP contribution in [0.2, 0.25) is 0 Å². The Kier molecular flexibility index (Phi) is 39.0. The van der Waals surface area contributed by atoms with Crippen LogP contribution in [0.1, 0.15) is 193 Å². The molecule has 7 aromatic rings. The van der Waals surface area contributed by atoms with E-state index in [0.29, 0.717) is 46.3 Å². The van der Waals surface area contributed by atoms with Crippen LogP contribution in [0.4, 0.5) is 0 Å². The number of alkyl halides is 2. The van der Waals surface area contributed by atoms with E-state index >= 15 is 0 Å². The molecule has 0 aliphatic heterocycles. The van der Waals surface area contributed by atoms with E-state index in [9.17, 15) is 0 Å². The molecule has 0 aliphatic carbocycles. The van der Waals surface area contributed by atoms with Gasteiger partial charge in [0.1, 0.15) is 17.1 Å². The predicted octanol–water partition coefficient (Wildman–Crippen LogP) is 21.8. The number of thiophene rings is 2. The molecule has 0 saturated carbocycles. The van der Waals surface area contributed by atoms with E-state index in [1.807, 2.05) is 67.6 Å². The maximum atomic E-state index is 5.63. The summed E-state index contributed by atoms with van der Waals surface area (Å²) in [5, 5.41) is 7.64. The summed E-state index contributed by atoms with van der Waals surface area (Å²) < 4.78 is 16.4. The van der Waals surface area contributed by atoms with Crippen molar-refractivity contribution in [3.63, 3.8) is 0 Å². The number of furan rings is 3. The molecule has 0 unspecified atom stereocenters. The number of para-hydroxylation sites is 1. The smallest absolute Gasteiger partial charge is 0.134 e. The highest BCUT2D eigenvalue weighted by atomic mass is 127. The number of rotatable bonds is 6. The third-order valence-corrected chi connectivity index (χ3v) is 10.3.